The number of rotatable bonds is 9. The van der Waals surface area contributed by atoms with Crippen LogP contribution < -0.4 is 10.0 Å². The fraction of sp³-hybridized carbons (Fsp3) is 1.00. The normalized spacial score (nSPS) is 18.6. The molecule has 0 spiro atoms. The number of sulfonamides is 1. The summed E-state index contributed by atoms with van der Waals surface area (Å²) >= 11 is 1.67. The van der Waals surface area contributed by atoms with E-state index < -0.39 is 10.0 Å². The van der Waals surface area contributed by atoms with Crippen LogP contribution in [-0.2, 0) is 10.0 Å². The minimum absolute atomic E-state index is 0.0703. The van der Waals surface area contributed by atoms with Crippen LogP contribution in [0.1, 0.15) is 26.2 Å². The molecule has 6 heteroatoms. The quantitative estimate of drug-likeness (QED) is 0.648. The Labute approximate surface area is 103 Å². The van der Waals surface area contributed by atoms with Crippen LogP contribution in [0.3, 0.4) is 0 Å². The standard InChI is InChI=1S/C10H22N2O2S2/c1-3-9(8-15-2)12-16(13,14)7-6-11-10-4-5-10/h9-12H,3-8H2,1-2H3. The van der Waals surface area contributed by atoms with E-state index in [-0.39, 0.29) is 11.8 Å². The van der Waals surface area contributed by atoms with Crippen LogP contribution in [0.2, 0.25) is 0 Å². The van der Waals surface area contributed by atoms with Crippen LogP contribution in [0, 0.1) is 0 Å². The van der Waals surface area contributed by atoms with Gasteiger partial charge in [-0.25, -0.2) is 13.1 Å². The lowest BCUT2D eigenvalue weighted by atomic mass is 10.3. The average molecular weight is 266 g/mol. The molecule has 4 nitrogen and oxygen atoms in total. The van der Waals surface area contributed by atoms with Gasteiger partial charge in [0, 0.05) is 24.4 Å². The van der Waals surface area contributed by atoms with Crippen molar-refractivity contribution in [2.24, 2.45) is 0 Å². The molecule has 0 radical (unpaired) electrons. The van der Waals surface area contributed by atoms with Gasteiger partial charge in [-0.15, -0.1) is 0 Å². The van der Waals surface area contributed by atoms with Gasteiger partial charge in [0.05, 0.1) is 5.75 Å². The molecule has 1 atom stereocenters. The Morgan fingerprint density at radius 1 is 1.44 bits per heavy atom. The molecular weight excluding hydrogens is 244 g/mol. The highest BCUT2D eigenvalue weighted by Gasteiger charge is 2.22. The monoisotopic (exact) mass is 266 g/mol. The maximum Gasteiger partial charge on any atom is 0.213 e. The van der Waals surface area contributed by atoms with Crippen molar-refractivity contribution in [2.45, 2.75) is 38.3 Å². The summed E-state index contributed by atoms with van der Waals surface area (Å²) in [6.45, 7) is 2.57. The Morgan fingerprint density at radius 3 is 2.62 bits per heavy atom. The molecule has 0 amide bonds. The Bertz CT molecular complexity index is 289. The zero-order chi connectivity index (χ0) is 12.0. The SMILES string of the molecule is CCC(CSC)NS(=O)(=O)CCNC1CC1. The number of thioether (sulfide) groups is 1. The lowest BCUT2D eigenvalue weighted by Crippen LogP contribution is -2.40. The highest BCUT2D eigenvalue weighted by Crippen LogP contribution is 2.18. The first-order chi connectivity index (χ1) is 7.57. The summed E-state index contributed by atoms with van der Waals surface area (Å²) in [5, 5.41) is 3.21. The molecule has 1 unspecified atom stereocenters. The molecule has 2 N–H and O–H groups in total. The van der Waals surface area contributed by atoms with Gasteiger partial charge in [0.1, 0.15) is 0 Å². The Hall–Kier alpha value is 0.220. The molecule has 0 aromatic rings. The zero-order valence-corrected chi connectivity index (χ0v) is 11.7. The number of hydrogen-bond acceptors (Lipinski definition) is 4. The van der Waals surface area contributed by atoms with Crippen molar-refractivity contribution < 1.29 is 8.42 Å². The van der Waals surface area contributed by atoms with Gasteiger partial charge >= 0.3 is 0 Å². The second-order valence-corrected chi connectivity index (χ2v) is 7.01. The van der Waals surface area contributed by atoms with Crippen LogP contribution in [0.25, 0.3) is 0 Å². The van der Waals surface area contributed by atoms with E-state index in [0.29, 0.717) is 12.6 Å². The Balaban J connectivity index is 2.24. The van der Waals surface area contributed by atoms with Gasteiger partial charge < -0.3 is 5.32 Å². The second kappa shape index (κ2) is 6.83. The molecule has 0 saturated heterocycles. The van der Waals surface area contributed by atoms with E-state index in [4.69, 9.17) is 0 Å². The summed E-state index contributed by atoms with van der Waals surface area (Å²) < 4.78 is 26.2. The largest absolute Gasteiger partial charge is 0.313 e. The van der Waals surface area contributed by atoms with Gasteiger partial charge in [0.2, 0.25) is 10.0 Å². The Kier molecular flexibility index (Phi) is 6.10. The molecule has 0 aromatic carbocycles. The third-order valence-corrected chi connectivity index (χ3v) is 4.76. The molecule has 1 aliphatic carbocycles. The fourth-order valence-electron chi connectivity index (χ4n) is 1.43. The van der Waals surface area contributed by atoms with Crippen molar-refractivity contribution in [3.8, 4) is 0 Å². The highest BCUT2D eigenvalue weighted by atomic mass is 32.2. The van der Waals surface area contributed by atoms with Crippen LogP contribution in [-0.4, -0.2) is 44.8 Å². The zero-order valence-electron chi connectivity index (χ0n) is 10.0. The van der Waals surface area contributed by atoms with Crippen molar-refractivity contribution in [3.05, 3.63) is 0 Å². The lowest BCUT2D eigenvalue weighted by Gasteiger charge is -2.15. The molecule has 16 heavy (non-hydrogen) atoms. The van der Waals surface area contributed by atoms with E-state index in [0.717, 1.165) is 12.2 Å². The maximum absolute atomic E-state index is 11.7. The third kappa shape index (κ3) is 6.08. The van der Waals surface area contributed by atoms with E-state index in [1.165, 1.54) is 12.8 Å². The summed E-state index contributed by atoms with van der Waals surface area (Å²) in [7, 11) is -3.11. The van der Waals surface area contributed by atoms with Crippen molar-refractivity contribution in [2.75, 3.05) is 24.3 Å². The van der Waals surface area contributed by atoms with Crippen LogP contribution in [0.5, 0.6) is 0 Å². The smallest absolute Gasteiger partial charge is 0.213 e. The summed E-state index contributed by atoms with van der Waals surface area (Å²) in [6, 6.07) is 0.643. The van der Waals surface area contributed by atoms with Gasteiger partial charge in [-0.3, -0.25) is 0 Å². The molecule has 0 bridgehead atoms. The number of nitrogens with one attached hydrogen (secondary N) is 2. The minimum atomic E-state index is -3.11. The molecule has 1 rings (SSSR count). The molecule has 1 fully saturated rings. The van der Waals surface area contributed by atoms with E-state index in [2.05, 4.69) is 10.0 Å². The van der Waals surface area contributed by atoms with Gasteiger partial charge in [0.25, 0.3) is 0 Å². The summed E-state index contributed by atoms with van der Waals surface area (Å²) in [5.74, 6) is 1.03. The summed E-state index contributed by atoms with van der Waals surface area (Å²) in [4.78, 5) is 0. The van der Waals surface area contributed by atoms with Gasteiger partial charge in [-0.2, -0.15) is 11.8 Å². The fourth-order valence-corrected chi connectivity index (χ4v) is 3.52. The average Bonchev–Trinajstić information content (AvgIpc) is 3.00. The molecule has 96 valence electrons. The minimum Gasteiger partial charge on any atom is -0.313 e. The van der Waals surface area contributed by atoms with Crippen molar-refractivity contribution in [3.63, 3.8) is 0 Å². The molecule has 0 heterocycles. The van der Waals surface area contributed by atoms with E-state index in [1.807, 2.05) is 13.2 Å². The number of hydrogen-bond donors (Lipinski definition) is 2. The van der Waals surface area contributed by atoms with Gasteiger partial charge in [0.15, 0.2) is 0 Å². The van der Waals surface area contributed by atoms with Crippen molar-refractivity contribution >= 4 is 21.8 Å². The second-order valence-electron chi connectivity index (χ2n) is 4.23. The van der Waals surface area contributed by atoms with Crippen molar-refractivity contribution in [1.29, 1.82) is 0 Å². The van der Waals surface area contributed by atoms with E-state index in [9.17, 15) is 8.42 Å². The van der Waals surface area contributed by atoms with Gasteiger partial charge in [-0.1, -0.05) is 6.92 Å². The molecular formula is C10H22N2O2S2. The Morgan fingerprint density at radius 2 is 2.12 bits per heavy atom. The summed E-state index contributed by atoms with van der Waals surface area (Å²) in [5.41, 5.74) is 0. The first-order valence-electron chi connectivity index (χ1n) is 5.79. The third-order valence-electron chi connectivity index (χ3n) is 2.59. The first kappa shape index (κ1) is 14.3. The lowest BCUT2D eigenvalue weighted by molar-refractivity contribution is 0.554. The molecule has 0 aliphatic heterocycles. The maximum atomic E-state index is 11.7. The highest BCUT2D eigenvalue weighted by molar-refractivity contribution is 7.98. The van der Waals surface area contributed by atoms with Crippen LogP contribution in [0.15, 0.2) is 0 Å². The predicted octanol–water partition coefficient (Wildman–Crippen LogP) is 0.799. The topological polar surface area (TPSA) is 58.2 Å². The van der Waals surface area contributed by atoms with E-state index >= 15 is 0 Å². The molecule has 1 saturated carbocycles. The van der Waals surface area contributed by atoms with Gasteiger partial charge in [-0.05, 0) is 25.5 Å². The predicted molar refractivity (Wildman–Crippen MR) is 70.4 cm³/mol. The summed E-state index contributed by atoms with van der Waals surface area (Å²) in [6.07, 6.45) is 5.22. The molecule has 0 aromatic heterocycles. The van der Waals surface area contributed by atoms with Crippen LogP contribution in [0.4, 0.5) is 0 Å². The van der Waals surface area contributed by atoms with Crippen molar-refractivity contribution in [1.82, 2.24) is 10.0 Å². The van der Waals surface area contributed by atoms with Crippen LogP contribution >= 0.6 is 11.8 Å². The molecule has 1 aliphatic rings. The first-order valence-corrected chi connectivity index (χ1v) is 8.84. The van der Waals surface area contributed by atoms with E-state index in [1.54, 1.807) is 11.8 Å².